The molecule has 1 N–H and O–H groups in total. The van der Waals surface area contributed by atoms with Gasteiger partial charge in [0.25, 0.3) is 0 Å². The zero-order valence-corrected chi connectivity index (χ0v) is 10.1. The molecule has 0 aliphatic rings. The van der Waals surface area contributed by atoms with E-state index in [1.54, 1.807) is 30.6 Å². The molecule has 2 aromatic rings. The fourth-order valence-corrected chi connectivity index (χ4v) is 1.57. The summed E-state index contributed by atoms with van der Waals surface area (Å²) in [4.78, 5) is 4.12. The Labute approximate surface area is 105 Å². The Bertz CT molecular complexity index is 551. The van der Waals surface area contributed by atoms with Crippen molar-refractivity contribution < 1.29 is 9.13 Å². The van der Waals surface area contributed by atoms with Crippen molar-refractivity contribution in [1.29, 1.82) is 0 Å². The molecule has 0 aliphatic carbocycles. The maximum absolute atomic E-state index is 13.6. The second-order valence-corrected chi connectivity index (χ2v) is 3.66. The van der Waals surface area contributed by atoms with Gasteiger partial charge in [0.1, 0.15) is 11.6 Å². The van der Waals surface area contributed by atoms with Crippen LogP contribution >= 0.6 is 0 Å². The van der Waals surface area contributed by atoms with Crippen LogP contribution in [0.15, 0.2) is 43.2 Å². The van der Waals surface area contributed by atoms with E-state index in [1.165, 1.54) is 13.2 Å². The molecular formula is C13H14FN3O. The number of anilines is 2. The fourth-order valence-electron chi connectivity index (χ4n) is 1.57. The number of rotatable bonds is 5. The molecule has 0 atom stereocenters. The first-order valence-electron chi connectivity index (χ1n) is 5.47. The van der Waals surface area contributed by atoms with Gasteiger partial charge in [-0.1, -0.05) is 6.08 Å². The monoisotopic (exact) mass is 247 g/mol. The summed E-state index contributed by atoms with van der Waals surface area (Å²) in [5.74, 6) is 0.784. The number of hydrogen-bond acceptors (Lipinski definition) is 3. The molecule has 94 valence electrons. The summed E-state index contributed by atoms with van der Waals surface area (Å²) in [7, 11) is 1.54. The van der Waals surface area contributed by atoms with Crippen LogP contribution in [0.25, 0.3) is 0 Å². The average molecular weight is 247 g/mol. The Kier molecular flexibility index (Phi) is 3.62. The Balaban J connectivity index is 2.27. The van der Waals surface area contributed by atoms with E-state index in [0.717, 1.165) is 0 Å². The van der Waals surface area contributed by atoms with E-state index in [9.17, 15) is 4.39 Å². The standard InChI is InChI=1S/C13H14FN3O/c1-3-7-17-8-6-15-13(17)16-12-9-10(18-2)4-5-11(12)14/h3-6,8-9H,1,7H2,2H3,(H,15,16). The summed E-state index contributed by atoms with van der Waals surface area (Å²) in [6, 6.07) is 4.50. The number of nitrogens with one attached hydrogen (secondary N) is 1. The van der Waals surface area contributed by atoms with Gasteiger partial charge >= 0.3 is 0 Å². The van der Waals surface area contributed by atoms with Crippen molar-refractivity contribution >= 4 is 11.6 Å². The van der Waals surface area contributed by atoms with Crippen molar-refractivity contribution in [1.82, 2.24) is 9.55 Å². The van der Waals surface area contributed by atoms with Gasteiger partial charge in [0.05, 0.1) is 12.8 Å². The summed E-state index contributed by atoms with van der Waals surface area (Å²) in [6.45, 7) is 4.26. The van der Waals surface area contributed by atoms with Crippen molar-refractivity contribution in [2.75, 3.05) is 12.4 Å². The van der Waals surface area contributed by atoms with E-state index < -0.39 is 0 Å². The van der Waals surface area contributed by atoms with Gasteiger partial charge in [0, 0.05) is 25.0 Å². The highest BCUT2D eigenvalue weighted by Crippen LogP contribution is 2.24. The number of methoxy groups -OCH3 is 1. The van der Waals surface area contributed by atoms with Crippen LogP contribution in [0.2, 0.25) is 0 Å². The van der Waals surface area contributed by atoms with E-state index >= 15 is 0 Å². The molecule has 1 aromatic heterocycles. The zero-order valence-electron chi connectivity index (χ0n) is 10.1. The third-order valence-corrected chi connectivity index (χ3v) is 2.46. The highest BCUT2D eigenvalue weighted by molar-refractivity contribution is 5.57. The minimum absolute atomic E-state index is 0.325. The third kappa shape index (κ3) is 2.51. The van der Waals surface area contributed by atoms with Gasteiger partial charge in [-0.2, -0.15) is 0 Å². The van der Waals surface area contributed by atoms with Gasteiger partial charge in [-0.15, -0.1) is 6.58 Å². The number of ether oxygens (including phenoxy) is 1. The number of imidazole rings is 1. The van der Waals surface area contributed by atoms with E-state index in [0.29, 0.717) is 23.9 Å². The summed E-state index contributed by atoms with van der Waals surface area (Å²) in [6.07, 6.45) is 5.18. The molecule has 0 spiro atoms. The first-order chi connectivity index (χ1) is 8.74. The second kappa shape index (κ2) is 5.35. The number of aromatic nitrogens is 2. The lowest BCUT2D eigenvalue weighted by Crippen LogP contribution is -2.03. The predicted molar refractivity (Wildman–Crippen MR) is 68.7 cm³/mol. The molecule has 0 bridgehead atoms. The van der Waals surface area contributed by atoms with Crippen LogP contribution in [-0.2, 0) is 6.54 Å². The quantitative estimate of drug-likeness (QED) is 0.825. The first kappa shape index (κ1) is 12.2. The molecular weight excluding hydrogens is 233 g/mol. The molecule has 1 aromatic carbocycles. The van der Waals surface area contributed by atoms with Crippen LogP contribution in [0.1, 0.15) is 0 Å². The van der Waals surface area contributed by atoms with Crippen molar-refractivity contribution in [2.24, 2.45) is 0 Å². The normalized spacial score (nSPS) is 10.1. The minimum atomic E-state index is -0.357. The number of hydrogen-bond donors (Lipinski definition) is 1. The topological polar surface area (TPSA) is 39.1 Å². The lowest BCUT2D eigenvalue weighted by Gasteiger charge is -2.10. The molecule has 0 saturated carbocycles. The number of benzene rings is 1. The van der Waals surface area contributed by atoms with E-state index in [1.807, 2.05) is 4.57 Å². The van der Waals surface area contributed by atoms with Crippen LogP contribution in [-0.4, -0.2) is 16.7 Å². The van der Waals surface area contributed by atoms with Crippen LogP contribution in [0.4, 0.5) is 16.0 Å². The Morgan fingerprint density at radius 2 is 2.39 bits per heavy atom. The predicted octanol–water partition coefficient (Wildman–Crippen LogP) is 2.96. The largest absolute Gasteiger partial charge is 0.497 e. The molecule has 0 saturated heterocycles. The Morgan fingerprint density at radius 1 is 1.56 bits per heavy atom. The molecule has 2 rings (SSSR count). The molecule has 0 radical (unpaired) electrons. The number of nitrogens with zero attached hydrogens (tertiary/aromatic N) is 2. The maximum atomic E-state index is 13.6. The molecule has 5 heteroatoms. The van der Waals surface area contributed by atoms with Crippen LogP contribution in [0.3, 0.4) is 0 Å². The van der Waals surface area contributed by atoms with Crippen molar-refractivity contribution in [2.45, 2.75) is 6.54 Å². The average Bonchev–Trinajstić information content (AvgIpc) is 2.80. The summed E-state index contributed by atoms with van der Waals surface area (Å²) >= 11 is 0. The van der Waals surface area contributed by atoms with Crippen LogP contribution in [0.5, 0.6) is 5.75 Å². The fraction of sp³-hybridized carbons (Fsp3) is 0.154. The van der Waals surface area contributed by atoms with Gasteiger partial charge in [0.2, 0.25) is 5.95 Å². The zero-order chi connectivity index (χ0) is 13.0. The van der Waals surface area contributed by atoms with E-state index in [-0.39, 0.29) is 5.82 Å². The number of allylic oxidation sites excluding steroid dienone is 1. The Hall–Kier alpha value is -2.30. The summed E-state index contributed by atoms with van der Waals surface area (Å²) in [5, 5.41) is 2.93. The molecule has 0 fully saturated rings. The molecule has 1 heterocycles. The molecule has 0 amide bonds. The molecule has 4 nitrogen and oxygen atoms in total. The highest BCUT2D eigenvalue weighted by Gasteiger charge is 2.07. The van der Waals surface area contributed by atoms with Gasteiger partial charge in [-0.25, -0.2) is 9.37 Å². The van der Waals surface area contributed by atoms with Crippen molar-refractivity contribution in [3.63, 3.8) is 0 Å². The van der Waals surface area contributed by atoms with Gasteiger partial charge < -0.3 is 14.6 Å². The maximum Gasteiger partial charge on any atom is 0.207 e. The number of halogens is 1. The minimum Gasteiger partial charge on any atom is -0.497 e. The van der Waals surface area contributed by atoms with Crippen molar-refractivity contribution in [3.05, 3.63) is 49.1 Å². The van der Waals surface area contributed by atoms with Crippen molar-refractivity contribution in [3.8, 4) is 5.75 Å². The van der Waals surface area contributed by atoms with Crippen LogP contribution < -0.4 is 10.1 Å². The van der Waals surface area contributed by atoms with Gasteiger partial charge in [0.15, 0.2) is 0 Å². The van der Waals surface area contributed by atoms with Crippen LogP contribution in [0, 0.1) is 5.82 Å². The SMILES string of the molecule is C=CCn1ccnc1Nc1cc(OC)ccc1F. The highest BCUT2D eigenvalue weighted by atomic mass is 19.1. The summed E-state index contributed by atoms with van der Waals surface area (Å²) < 4.78 is 20.5. The van der Waals surface area contributed by atoms with Gasteiger partial charge in [-0.3, -0.25) is 0 Å². The Morgan fingerprint density at radius 3 is 3.11 bits per heavy atom. The lowest BCUT2D eigenvalue weighted by molar-refractivity contribution is 0.414. The van der Waals surface area contributed by atoms with Gasteiger partial charge in [-0.05, 0) is 12.1 Å². The third-order valence-electron chi connectivity index (χ3n) is 2.46. The molecule has 0 unspecified atom stereocenters. The summed E-state index contributed by atoms with van der Waals surface area (Å²) in [5.41, 5.74) is 0.325. The molecule has 18 heavy (non-hydrogen) atoms. The lowest BCUT2D eigenvalue weighted by atomic mass is 10.3. The van der Waals surface area contributed by atoms with E-state index in [2.05, 4.69) is 16.9 Å². The second-order valence-electron chi connectivity index (χ2n) is 3.66. The first-order valence-corrected chi connectivity index (χ1v) is 5.47. The molecule has 0 aliphatic heterocycles. The van der Waals surface area contributed by atoms with E-state index in [4.69, 9.17) is 4.74 Å². The smallest absolute Gasteiger partial charge is 0.207 e.